The van der Waals surface area contributed by atoms with E-state index >= 15 is 0 Å². The first-order valence-corrected chi connectivity index (χ1v) is 6.27. The van der Waals surface area contributed by atoms with Crippen molar-refractivity contribution in [2.24, 2.45) is 0 Å². The second-order valence-electron chi connectivity index (χ2n) is 4.77. The van der Waals surface area contributed by atoms with Crippen LogP contribution in [-0.4, -0.2) is 4.98 Å². The minimum Gasteiger partial charge on any atom is -0.256 e. The van der Waals surface area contributed by atoms with Crippen molar-refractivity contribution in [2.45, 2.75) is 13.8 Å². The Labute approximate surface area is 111 Å². The Morgan fingerprint density at radius 1 is 0.842 bits per heavy atom. The molecule has 0 N–H and O–H groups in total. The summed E-state index contributed by atoms with van der Waals surface area (Å²) < 4.78 is 13.0. The van der Waals surface area contributed by atoms with E-state index in [0.29, 0.717) is 0 Å². The Kier molecular flexibility index (Phi) is 2.79. The summed E-state index contributed by atoms with van der Waals surface area (Å²) in [6.45, 7) is 4.22. The van der Waals surface area contributed by atoms with Gasteiger partial charge < -0.3 is 0 Å². The van der Waals surface area contributed by atoms with E-state index in [0.717, 1.165) is 16.6 Å². The summed E-state index contributed by atoms with van der Waals surface area (Å²) >= 11 is 0. The monoisotopic (exact) mass is 251 g/mol. The van der Waals surface area contributed by atoms with Crippen LogP contribution in [0.5, 0.6) is 0 Å². The van der Waals surface area contributed by atoms with Crippen LogP contribution in [0, 0.1) is 19.7 Å². The number of rotatable bonds is 1. The molecule has 1 aromatic heterocycles. The van der Waals surface area contributed by atoms with Crippen LogP contribution in [0.3, 0.4) is 0 Å². The fraction of sp³-hybridized carbons (Fsp3) is 0.118. The highest BCUT2D eigenvalue weighted by Gasteiger charge is 2.08. The second-order valence-corrected chi connectivity index (χ2v) is 4.77. The van der Waals surface area contributed by atoms with Crippen molar-refractivity contribution in [3.63, 3.8) is 0 Å². The van der Waals surface area contributed by atoms with Gasteiger partial charge in [0, 0.05) is 17.1 Å². The predicted octanol–water partition coefficient (Wildman–Crippen LogP) is 4.66. The number of halogens is 1. The van der Waals surface area contributed by atoms with Crippen molar-refractivity contribution in [2.75, 3.05) is 0 Å². The van der Waals surface area contributed by atoms with Crippen LogP contribution in [0.25, 0.3) is 22.0 Å². The largest absolute Gasteiger partial charge is 0.256 e. The van der Waals surface area contributed by atoms with Gasteiger partial charge in [0.1, 0.15) is 5.82 Å². The van der Waals surface area contributed by atoms with E-state index in [1.54, 1.807) is 12.1 Å². The van der Waals surface area contributed by atoms with Gasteiger partial charge in [-0.25, -0.2) is 4.39 Å². The molecule has 3 rings (SSSR count). The summed E-state index contributed by atoms with van der Waals surface area (Å²) in [5.74, 6) is -0.226. The zero-order chi connectivity index (χ0) is 13.4. The van der Waals surface area contributed by atoms with E-state index in [-0.39, 0.29) is 5.82 Å². The molecule has 0 atom stereocenters. The van der Waals surface area contributed by atoms with E-state index in [9.17, 15) is 4.39 Å². The van der Waals surface area contributed by atoms with Crippen molar-refractivity contribution < 1.29 is 4.39 Å². The molecule has 19 heavy (non-hydrogen) atoms. The number of hydrogen-bond acceptors (Lipinski definition) is 1. The third-order valence-electron chi connectivity index (χ3n) is 3.60. The molecule has 0 aliphatic rings. The van der Waals surface area contributed by atoms with Crippen molar-refractivity contribution in [3.8, 4) is 11.3 Å². The van der Waals surface area contributed by atoms with Crippen molar-refractivity contribution in [3.05, 3.63) is 65.6 Å². The second kappa shape index (κ2) is 4.47. The number of aryl methyl sites for hydroxylation is 2. The zero-order valence-electron chi connectivity index (χ0n) is 10.9. The van der Waals surface area contributed by atoms with Crippen LogP contribution in [0.1, 0.15) is 11.1 Å². The molecular formula is C17H14FN. The van der Waals surface area contributed by atoms with Gasteiger partial charge in [-0.2, -0.15) is 0 Å². The lowest BCUT2D eigenvalue weighted by Gasteiger charge is -2.09. The Hall–Kier alpha value is -2.22. The average Bonchev–Trinajstić information content (AvgIpc) is 2.43. The molecule has 0 spiro atoms. The number of nitrogens with zero attached hydrogens (tertiary/aromatic N) is 1. The highest BCUT2D eigenvalue weighted by molar-refractivity contribution is 5.96. The van der Waals surface area contributed by atoms with E-state index in [1.807, 2.05) is 12.3 Å². The van der Waals surface area contributed by atoms with Crippen LogP contribution in [0.15, 0.2) is 48.7 Å². The van der Waals surface area contributed by atoms with E-state index < -0.39 is 0 Å². The molecule has 94 valence electrons. The van der Waals surface area contributed by atoms with Crippen LogP contribution < -0.4 is 0 Å². The number of benzene rings is 2. The zero-order valence-corrected chi connectivity index (χ0v) is 10.9. The van der Waals surface area contributed by atoms with Gasteiger partial charge in [-0.15, -0.1) is 0 Å². The topological polar surface area (TPSA) is 12.9 Å². The van der Waals surface area contributed by atoms with Gasteiger partial charge in [-0.1, -0.05) is 12.1 Å². The van der Waals surface area contributed by atoms with Gasteiger partial charge in [-0.3, -0.25) is 4.98 Å². The summed E-state index contributed by atoms with van der Waals surface area (Å²) in [6.07, 6.45) is 1.81. The van der Waals surface area contributed by atoms with E-state index in [1.165, 1.54) is 28.6 Å². The Morgan fingerprint density at radius 2 is 1.58 bits per heavy atom. The average molecular weight is 251 g/mol. The maximum atomic E-state index is 13.0. The molecule has 0 aliphatic carbocycles. The van der Waals surface area contributed by atoms with Gasteiger partial charge >= 0.3 is 0 Å². The van der Waals surface area contributed by atoms with Gasteiger partial charge in [-0.05, 0) is 60.7 Å². The minimum absolute atomic E-state index is 0.226. The van der Waals surface area contributed by atoms with Crippen molar-refractivity contribution in [1.82, 2.24) is 4.98 Å². The quantitative estimate of drug-likeness (QED) is 0.613. The normalized spacial score (nSPS) is 10.9. The number of hydrogen-bond donors (Lipinski definition) is 0. The van der Waals surface area contributed by atoms with Gasteiger partial charge in [0.15, 0.2) is 0 Å². The molecule has 0 aliphatic heterocycles. The van der Waals surface area contributed by atoms with Crippen LogP contribution >= 0.6 is 0 Å². The lowest BCUT2D eigenvalue weighted by molar-refractivity contribution is 0.628. The molecule has 2 heteroatoms. The molecular weight excluding hydrogens is 237 g/mol. The molecule has 1 nitrogen and oxygen atoms in total. The van der Waals surface area contributed by atoms with Crippen molar-refractivity contribution in [1.29, 1.82) is 0 Å². The van der Waals surface area contributed by atoms with Gasteiger partial charge in [0.05, 0.1) is 5.69 Å². The van der Waals surface area contributed by atoms with Crippen LogP contribution in [0.2, 0.25) is 0 Å². The predicted molar refractivity (Wildman–Crippen MR) is 76.6 cm³/mol. The summed E-state index contributed by atoms with van der Waals surface area (Å²) in [7, 11) is 0. The molecule has 1 heterocycles. The van der Waals surface area contributed by atoms with Crippen LogP contribution in [0.4, 0.5) is 4.39 Å². The van der Waals surface area contributed by atoms with Gasteiger partial charge in [0.25, 0.3) is 0 Å². The number of pyridine rings is 1. The van der Waals surface area contributed by atoms with Gasteiger partial charge in [0.2, 0.25) is 0 Å². The molecule has 2 aromatic carbocycles. The Bertz CT molecular complexity index is 745. The maximum absolute atomic E-state index is 13.0. The first-order chi connectivity index (χ1) is 9.16. The Balaban J connectivity index is 2.30. The Morgan fingerprint density at radius 3 is 2.32 bits per heavy atom. The first-order valence-electron chi connectivity index (χ1n) is 6.27. The molecule has 0 saturated carbocycles. The lowest BCUT2D eigenvalue weighted by atomic mass is 9.98. The van der Waals surface area contributed by atoms with E-state index in [4.69, 9.17) is 0 Å². The number of aromatic nitrogens is 1. The molecule has 0 saturated heterocycles. The van der Waals surface area contributed by atoms with E-state index in [2.05, 4.69) is 31.0 Å². The van der Waals surface area contributed by atoms with Crippen LogP contribution in [-0.2, 0) is 0 Å². The molecule has 0 fully saturated rings. The number of fused-ring (bicyclic) bond motifs is 1. The SMILES string of the molecule is Cc1ccc2c(-c3ccc(F)cc3)nccc2c1C. The highest BCUT2D eigenvalue weighted by Crippen LogP contribution is 2.29. The third kappa shape index (κ3) is 1.99. The summed E-state index contributed by atoms with van der Waals surface area (Å²) in [4.78, 5) is 4.46. The standard InChI is InChI=1S/C17H14FN/c1-11-3-8-16-15(12(11)2)9-10-19-17(16)13-4-6-14(18)7-5-13/h3-10H,1-2H3. The first kappa shape index (κ1) is 11.8. The molecule has 0 radical (unpaired) electrons. The molecule has 3 aromatic rings. The molecule has 0 bridgehead atoms. The lowest BCUT2D eigenvalue weighted by Crippen LogP contribution is -1.90. The minimum atomic E-state index is -0.226. The molecule has 0 unspecified atom stereocenters. The smallest absolute Gasteiger partial charge is 0.123 e. The summed E-state index contributed by atoms with van der Waals surface area (Å²) in [5, 5.41) is 2.31. The fourth-order valence-corrected chi connectivity index (χ4v) is 2.35. The summed E-state index contributed by atoms with van der Waals surface area (Å²) in [6, 6.07) is 12.7. The fourth-order valence-electron chi connectivity index (χ4n) is 2.35. The summed E-state index contributed by atoms with van der Waals surface area (Å²) in [5.41, 5.74) is 4.38. The third-order valence-corrected chi connectivity index (χ3v) is 3.60. The molecule has 0 amide bonds. The maximum Gasteiger partial charge on any atom is 0.123 e. The highest BCUT2D eigenvalue weighted by atomic mass is 19.1. The van der Waals surface area contributed by atoms with Crippen molar-refractivity contribution >= 4 is 10.8 Å².